The van der Waals surface area contributed by atoms with Crippen LogP contribution in [0.3, 0.4) is 0 Å². The normalized spacial score (nSPS) is 10.0. The number of carbonyl (C=O) groups is 2. The first kappa shape index (κ1) is 16.0. The molecule has 1 rings (SSSR count). The van der Waals surface area contributed by atoms with Gasteiger partial charge in [0, 0.05) is 6.54 Å². The van der Waals surface area contributed by atoms with Crippen LogP contribution < -0.4 is 10.6 Å². The second-order valence-corrected chi connectivity index (χ2v) is 4.68. The average Bonchev–Trinajstić information content (AvgIpc) is 2.42. The maximum absolute atomic E-state index is 11.9. The van der Waals surface area contributed by atoms with Crippen molar-refractivity contribution in [2.75, 3.05) is 19.0 Å². The van der Waals surface area contributed by atoms with E-state index in [4.69, 9.17) is 4.74 Å². The predicted octanol–water partition coefficient (Wildman–Crippen LogP) is 3.01. The minimum atomic E-state index is -0.449. The van der Waals surface area contributed by atoms with Gasteiger partial charge in [-0.2, -0.15) is 0 Å². The van der Waals surface area contributed by atoms with Crippen molar-refractivity contribution in [2.45, 2.75) is 33.6 Å². The highest BCUT2D eigenvalue weighted by atomic mass is 16.5. The van der Waals surface area contributed by atoms with Crippen molar-refractivity contribution in [3.05, 3.63) is 28.8 Å². The summed E-state index contributed by atoms with van der Waals surface area (Å²) in [5, 5.41) is 5.50. The molecule has 0 unspecified atom stereocenters. The van der Waals surface area contributed by atoms with Gasteiger partial charge in [-0.05, 0) is 31.4 Å². The second-order valence-electron chi connectivity index (χ2n) is 4.68. The van der Waals surface area contributed by atoms with E-state index in [0.717, 1.165) is 24.0 Å². The third-order valence-corrected chi connectivity index (χ3v) is 3.07. The lowest BCUT2D eigenvalue weighted by Gasteiger charge is -2.15. The molecule has 5 nitrogen and oxygen atoms in total. The molecule has 0 fully saturated rings. The molecule has 110 valence electrons. The lowest BCUT2D eigenvalue weighted by molar-refractivity contribution is 0.0601. The van der Waals surface area contributed by atoms with Crippen LogP contribution in [0.25, 0.3) is 0 Å². The van der Waals surface area contributed by atoms with Crippen molar-refractivity contribution < 1.29 is 14.3 Å². The van der Waals surface area contributed by atoms with Gasteiger partial charge in [-0.15, -0.1) is 0 Å². The highest BCUT2D eigenvalue weighted by molar-refractivity contribution is 6.02. The standard InChI is InChI=1S/C15H22N2O3/c1-5-6-9-16-15(19)17-13-11(3)8-7-10(2)12(13)14(18)20-4/h7-8H,5-6,9H2,1-4H3,(H2,16,17,19). The first-order valence-electron chi connectivity index (χ1n) is 6.74. The van der Waals surface area contributed by atoms with Gasteiger partial charge in [0.05, 0.1) is 18.4 Å². The van der Waals surface area contributed by atoms with E-state index in [1.807, 2.05) is 26.0 Å². The molecule has 0 aliphatic rings. The zero-order valence-electron chi connectivity index (χ0n) is 12.5. The SMILES string of the molecule is CCCCNC(=O)Nc1c(C)ccc(C)c1C(=O)OC. The molecule has 2 N–H and O–H groups in total. The number of amides is 2. The van der Waals surface area contributed by atoms with Crippen LogP contribution >= 0.6 is 0 Å². The summed E-state index contributed by atoms with van der Waals surface area (Å²) in [6.07, 6.45) is 1.93. The Morgan fingerprint density at radius 1 is 1.20 bits per heavy atom. The number of esters is 1. The number of aryl methyl sites for hydroxylation is 2. The van der Waals surface area contributed by atoms with Crippen molar-refractivity contribution in [2.24, 2.45) is 0 Å². The molecule has 2 amide bonds. The Hall–Kier alpha value is -2.04. The fraction of sp³-hybridized carbons (Fsp3) is 0.467. The number of urea groups is 1. The van der Waals surface area contributed by atoms with Crippen LogP contribution in [0, 0.1) is 13.8 Å². The number of nitrogens with one attached hydrogen (secondary N) is 2. The van der Waals surface area contributed by atoms with Gasteiger partial charge in [0.2, 0.25) is 0 Å². The summed E-state index contributed by atoms with van der Waals surface area (Å²) >= 11 is 0. The van der Waals surface area contributed by atoms with Gasteiger partial charge in [0.15, 0.2) is 0 Å². The van der Waals surface area contributed by atoms with Gasteiger partial charge in [0.25, 0.3) is 0 Å². The number of methoxy groups -OCH3 is 1. The number of hydrogen-bond donors (Lipinski definition) is 2. The fourth-order valence-electron chi connectivity index (χ4n) is 1.87. The molecule has 0 bridgehead atoms. The number of unbranched alkanes of at least 4 members (excludes halogenated alkanes) is 1. The molecule has 0 radical (unpaired) electrons. The van der Waals surface area contributed by atoms with Gasteiger partial charge in [-0.1, -0.05) is 25.5 Å². The zero-order chi connectivity index (χ0) is 15.1. The van der Waals surface area contributed by atoms with E-state index in [2.05, 4.69) is 17.6 Å². The number of hydrogen-bond acceptors (Lipinski definition) is 3. The molecule has 0 aliphatic heterocycles. The van der Waals surface area contributed by atoms with Gasteiger partial charge in [-0.25, -0.2) is 9.59 Å². The largest absolute Gasteiger partial charge is 0.465 e. The van der Waals surface area contributed by atoms with Crippen LogP contribution in [-0.2, 0) is 4.74 Å². The number of benzene rings is 1. The van der Waals surface area contributed by atoms with Gasteiger partial charge in [0.1, 0.15) is 0 Å². The minimum Gasteiger partial charge on any atom is -0.465 e. The predicted molar refractivity (Wildman–Crippen MR) is 79.2 cm³/mol. The molecule has 0 aromatic heterocycles. The molecule has 1 aromatic rings. The smallest absolute Gasteiger partial charge is 0.340 e. The van der Waals surface area contributed by atoms with Crippen LogP contribution in [-0.4, -0.2) is 25.7 Å². The van der Waals surface area contributed by atoms with Gasteiger partial charge >= 0.3 is 12.0 Å². The quantitative estimate of drug-likeness (QED) is 0.642. The summed E-state index contributed by atoms with van der Waals surface area (Å²) in [4.78, 5) is 23.7. The maximum atomic E-state index is 11.9. The monoisotopic (exact) mass is 278 g/mol. The minimum absolute atomic E-state index is 0.308. The summed E-state index contributed by atoms with van der Waals surface area (Å²) in [5.41, 5.74) is 2.50. The van der Waals surface area contributed by atoms with Crippen molar-refractivity contribution >= 4 is 17.7 Å². The average molecular weight is 278 g/mol. The highest BCUT2D eigenvalue weighted by Gasteiger charge is 2.18. The Morgan fingerprint density at radius 3 is 2.45 bits per heavy atom. The van der Waals surface area contributed by atoms with E-state index >= 15 is 0 Å². The fourth-order valence-corrected chi connectivity index (χ4v) is 1.87. The number of carbonyl (C=O) groups excluding carboxylic acids is 2. The highest BCUT2D eigenvalue weighted by Crippen LogP contribution is 2.24. The first-order valence-corrected chi connectivity index (χ1v) is 6.74. The van der Waals surface area contributed by atoms with E-state index in [-0.39, 0.29) is 6.03 Å². The molecule has 0 atom stereocenters. The summed E-state index contributed by atoms with van der Waals surface area (Å²) < 4.78 is 4.78. The molecule has 1 aromatic carbocycles. The number of rotatable bonds is 5. The van der Waals surface area contributed by atoms with Crippen molar-refractivity contribution in [3.63, 3.8) is 0 Å². The van der Waals surface area contributed by atoms with Crippen molar-refractivity contribution in [1.29, 1.82) is 0 Å². The summed E-state index contributed by atoms with van der Waals surface area (Å²) in [6.45, 7) is 6.32. The first-order chi connectivity index (χ1) is 9.51. The zero-order valence-corrected chi connectivity index (χ0v) is 12.5. The molecular weight excluding hydrogens is 256 g/mol. The van der Waals surface area contributed by atoms with Crippen molar-refractivity contribution in [3.8, 4) is 0 Å². The molecular formula is C15H22N2O3. The Kier molecular flexibility index (Phi) is 6.03. The Bertz CT molecular complexity index is 498. The van der Waals surface area contributed by atoms with E-state index in [1.165, 1.54) is 7.11 Å². The third kappa shape index (κ3) is 3.98. The Morgan fingerprint density at radius 2 is 1.85 bits per heavy atom. The molecule has 0 saturated carbocycles. The van der Waals surface area contributed by atoms with Crippen LogP contribution in [0.1, 0.15) is 41.3 Å². The number of ether oxygens (including phenoxy) is 1. The maximum Gasteiger partial charge on any atom is 0.340 e. The molecule has 0 saturated heterocycles. The lowest BCUT2D eigenvalue weighted by Crippen LogP contribution is -2.30. The van der Waals surface area contributed by atoms with Gasteiger partial charge in [-0.3, -0.25) is 0 Å². The van der Waals surface area contributed by atoms with Crippen LogP contribution in [0.2, 0.25) is 0 Å². The molecule has 0 aliphatic carbocycles. The van der Waals surface area contributed by atoms with Gasteiger partial charge < -0.3 is 15.4 Å². The molecule has 0 spiro atoms. The van der Waals surface area contributed by atoms with E-state index in [0.29, 0.717) is 17.8 Å². The van der Waals surface area contributed by atoms with Crippen LogP contribution in [0.15, 0.2) is 12.1 Å². The molecule has 0 heterocycles. The molecule has 5 heteroatoms. The summed E-state index contributed by atoms with van der Waals surface area (Å²) in [6, 6.07) is 3.39. The number of anilines is 1. The summed E-state index contributed by atoms with van der Waals surface area (Å²) in [5.74, 6) is -0.449. The second kappa shape index (κ2) is 7.53. The van der Waals surface area contributed by atoms with Crippen molar-refractivity contribution in [1.82, 2.24) is 5.32 Å². The topological polar surface area (TPSA) is 67.4 Å². The van der Waals surface area contributed by atoms with E-state index < -0.39 is 5.97 Å². The van der Waals surface area contributed by atoms with Crippen LogP contribution in [0.5, 0.6) is 0 Å². The summed E-state index contributed by atoms with van der Waals surface area (Å²) in [7, 11) is 1.33. The lowest BCUT2D eigenvalue weighted by atomic mass is 10.0. The van der Waals surface area contributed by atoms with E-state index in [9.17, 15) is 9.59 Å². The van der Waals surface area contributed by atoms with E-state index in [1.54, 1.807) is 0 Å². The molecule has 20 heavy (non-hydrogen) atoms. The van der Waals surface area contributed by atoms with Crippen LogP contribution in [0.4, 0.5) is 10.5 Å². The third-order valence-electron chi connectivity index (χ3n) is 3.07. The Balaban J connectivity index is 2.96. The Labute approximate surface area is 119 Å².